The Kier molecular flexibility index (Phi) is 4.45. The Morgan fingerprint density at radius 3 is 2.64 bits per heavy atom. The van der Waals surface area contributed by atoms with E-state index in [1.54, 1.807) is 6.92 Å². The molecule has 4 nitrogen and oxygen atoms in total. The first-order chi connectivity index (χ1) is 5.07. The maximum absolute atomic E-state index is 10.2. The normalized spacial score (nSPS) is 15.2. The van der Waals surface area contributed by atoms with Gasteiger partial charge in [-0.25, -0.2) is 0 Å². The second-order valence-electron chi connectivity index (χ2n) is 2.37. The molecule has 0 radical (unpaired) electrons. The second-order valence-corrected chi connectivity index (χ2v) is 2.37. The number of esters is 1. The van der Waals surface area contributed by atoms with Crippen molar-refractivity contribution >= 4 is 12.3 Å². The summed E-state index contributed by atoms with van der Waals surface area (Å²) >= 11 is 0. The average Bonchev–Trinajstić information content (AvgIpc) is 1.98. The van der Waals surface area contributed by atoms with Gasteiger partial charge in [-0.3, -0.25) is 4.79 Å². The molecule has 0 heterocycles. The minimum Gasteiger partial charge on any atom is -0.463 e. The SMILES string of the molecule is CC(=O)OCC(O)C(C)C=O. The van der Waals surface area contributed by atoms with Gasteiger partial charge in [0.15, 0.2) is 0 Å². The first-order valence-electron chi connectivity index (χ1n) is 3.34. The highest BCUT2D eigenvalue weighted by atomic mass is 16.5. The van der Waals surface area contributed by atoms with Crippen molar-refractivity contribution in [1.82, 2.24) is 0 Å². The fourth-order valence-electron chi connectivity index (χ4n) is 0.445. The molecule has 11 heavy (non-hydrogen) atoms. The topological polar surface area (TPSA) is 63.6 Å². The smallest absolute Gasteiger partial charge is 0.302 e. The third-order valence-electron chi connectivity index (χ3n) is 1.28. The average molecular weight is 160 g/mol. The summed E-state index contributed by atoms with van der Waals surface area (Å²) in [7, 11) is 0. The number of rotatable bonds is 4. The van der Waals surface area contributed by atoms with E-state index in [0.29, 0.717) is 6.29 Å². The van der Waals surface area contributed by atoms with Crippen molar-refractivity contribution in [2.75, 3.05) is 6.61 Å². The predicted octanol–water partition coefficient (Wildman–Crippen LogP) is -0.255. The van der Waals surface area contributed by atoms with Crippen molar-refractivity contribution in [1.29, 1.82) is 0 Å². The van der Waals surface area contributed by atoms with E-state index in [1.807, 2.05) is 0 Å². The summed E-state index contributed by atoms with van der Waals surface area (Å²) in [6.45, 7) is 2.69. The third-order valence-corrected chi connectivity index (χ3v) is 1.28. The first-order valence-corrected chi connectivity index (χ1v) is 3.34. The Morgan fingerprint density at radius 2 is 2.27 bits per heavy atom. The lowest BCUT2D eigenvalue weighted by Crippen LogP contribution is -2.25. The second kappa shape index (κ2) is 4.85. The highest BCUT2D eigenvalue weighted by molar-refractivity contribution is 5.66. The van der Waals surface area contributed by atoms with Crippen molar-refractivity contribution in [3.05, 3.63) is 0 Å². The number of hydrogen-bond acceptors (Lipinski definition) is 4. The number of carbonyl (C=O) groups excluding carboxylic acids is 2. The van der Waals surface area contributed by atoms with Gasteiger partial charge in [0, 0.05) is 12.8 Å². The molecule has 0 fully saturated rings. The molecule has 0 amide bonds. The van der Waals surface area contributed by atoms with E-state index in [-0.39, 0.29) is 6.61 Å². The summed E-state index contributed by atoms with van der Waals surface area (Å²) < 4.78 is 4.48. The zero-order chi connectivity index (χ0) is 8.85. The van der Waals surface area contributed by atoms with Gasteiger partial charge in [-0.1, -0.05) is 6.92 Å². The number of carbonyl (C=O) groups is 2. The summed E-state index contributed by atoms with van der Waals surface area (Å²) in [6.07, 6.45) is -0.273. The molecule has 0 aliphatic rings. The molecule has 0 aliphatic heterocycles. The van der Waals surface area contributed by atoms with E-state index in [1.165, 1.54) is 6.92 Å². The molecule has 0 bridgehead atoms. The molecular weight excluding hydrogens is 148 g/mol. The van der Waals surface area contributed by atoms with E-state index >= 15 is 0 Å². The summed E-state index contributed by atoms with van der Waals surface area (Å²) in [5, 5.41) is 9.06. The highest BCUT2D eigenvalue weighted by Gasteiger charge is 2.13. The van der Waals surface area contributed by atoms with E-state index in [9.17, 15) is 9.59 Å². The van der Waals surface area contributed by atoms with Gasteiger partial charge >= 0.3 is 5.97 Å². The van der Waals surface area contributed by atoms with Crippen LogP contribution in [-0.2, 0) is 14.3 Å². The molecule has 0 saturated carbocycles. The minimum absolute atomic E-state index is 0.116. The predicted molar refractivity (Wildman–Crippen MR) is 37.9 cm³/mol. The van der Waals surface area contributed by atoms with E-state index in [0.717, 1.165) is 0 Å². The molecule has 0 aliphatic carbocycles. The molecular formula is C7H12O4. The lowest BCUT2D eigenvalue weighted by Gasteiger charge is -2.12. The Bertz CT molecular complexity index is 143. The summed E-state index contributed by atoms with van der Waals surface area (Å²) in [4.78, 5) is 20.3. The molecule has 2 unspecified atom stereocenters. The van der Waals surface area contributed by atoms with Crippen molar-refractivity contribution in [3.8, 4) is 0 Å². The van der Waals surface area contributed by atoms with Crippen LogP contribution in [0, 0.1) is 5.92 Å². The highest BCUT2D eigenvalue weighted by Crippen LogP contribution is 1.99. The number of aldehydes is 1. The van der Waals surface area contributed by atoms with Crippen LogP contribution < -0.4 is 0 Å². The van der Waals surface area contributed by atoms with Crippen LogP contribution in [0.4, 0.5) is 0 Å². The lowest BCUT2D eigenvalue weighted by atomic mass is 10.1. The summed E-state index contributed by atoms with van der Waals surface area (Å²) in [5.41, 5.74) is 0. The van der Waals surface area contributed by atoms with Crippen LogP contribution in [-0.4, -0.2) is 30.1 Å². The quantitative estimate of drug-likeness (QED) is 0.455. The van der Waals surface area contributed by atoms with Gasteiger partial charge in [0.05, 0.1) is 6.10 Å². The number of aliphatic hydroxyl groups is 1. The van der Waals surface area contributed by atoms with Crippen LogP contribution in [0.25, 0.3) is 0 Å². The van der Waals surface area contributed by atoms with Crippen molar-refractivity contribution < 1.29 is 19.4 Å². The zero-order valence-corrected chi connectivity index (χ0v) is 6.61. The Morgan fingerprint density at radius 1 is 1.73 bits per heavy atom. The van der Waals surface area contributed by atoms with E-state index in [4.69, 9.17) is 5.11 Å². The maximum Gasteiger partial charge on any atom is 0.302 e. The summed E-state index contributed by atoms with van der Waals surface area (Å²) in [5.74, 6) is -0.948. The van der Waals surface area contributed by atoms with Crippen LogP contribution in [0.15, 0.2) is 0 Å². The molecule has 1 N–H and O–H groups in total. The van der Waals surface area contributed by atoms with Crippen molar-refractivity contribution in [2.24, 2.45) is 5.92 Å². The third kappa shape index (κ3) is 4.50. The zero-order valence-electron chi connectivity index (χ0n) is 6.61. The van der Waals surface area contributed by atoms with Crippen LogP contribution in [0.5, 0.6) is 0 Å². The van der Waals surface area contributed by atoms with E-state index < -0.39 is 18.0 Å². The van der Waals surface area contributed by atoms with Gasteiger partial charge in [-0.2, -0.15) is 0 Å². The van der Waals surface area contributed by atoms with Gasteiger partial charge in [-0.05, 0) is 0 Å². The molecule has 0 aromatic heterocycles. The maximum atomic E-state index is 10.2. The lowest BCUT2D eigenvalue weighted by molar-refractivity contribution is -0.145. The molecule has 0 aromatic carbocycles. The van der Waals surface area contributed by atoms with Gasteiger partial charge in [0.25, 0.3) is 0 Å². The largest absolute Gasteiger partial charge is 0.463 e. The number of ether oxygens (including phenoxy) is 1. The fraction of sp³-hybridized carbons (Fsp3) is 0.714. The van der Waals surface area contributed by atoms with E-state index in [2.05, 4.69) is 4.74 Å². The fourth-order valence-corrected chi connectivity index (χ4v) is 0.445. The first kappa shape index (κ1) is 10.1. The van der Waals surface area contributed by atoms with Crippen molar-refractivity contribution in [2.45, 2.75) is 20.0 Å². The Hall–Kier alpha value is -0.900. The molecule has 0 saturated heterocycles. The molecule has 0 aromatic rings. The number of aliphatic hydroxyl groups excluding tert-OH is 1. The minimum atomic E-state index is -0.892. The van der Waals surface area contributed by atoms with Crippen LogP contribution in [0.3, 0.4) is 0 Å². The molecule has 64 valence electrons. The molecule has 4 heteroatoms. The van der Waals surface area contributed by atoms with Crippen LogP contribution in [0.2, 0.25) is 0 Å². The van der Waals surface area contributed by atoms with Gasteiger partial charge in [0.2, 0.25) is 0 Å². The molecule has 0 rings (SSSR count). The van der Waals surface area contributed by atoms with Crippen LogP contribution in [0.1, 0.15) is 13.8 Å². The van der Waals surface area contributed by atoms with Crippen molar-refractivity contribution in [3.63, 3.8) is 0 Å². The van der Waals surface area contributed by atoms with Gasteiger partial charge in [0.1, 0.15) is 12.9 Å². The number of hydrogen-bond donors (Lipinski definition) is 1. The van der Waals surface area contributed by atoms with Gasteiger partial charge in [-0.15, -0.1) is 0 Å². The Labute approximate surface area is 65.2 Å². The standard InChI is InChI=1S/C7H12O4/c1-5(3-8)7(10)4-11-6(2)9/h3,5,7,10H,4H2,1-2H3. The summed E-state index contributed by atoms with van der Waals surface area (Å²) in [6, 6.07) is 0. The monoisotopic (exact) mass is 160 g/mol. The molecule has 2 atom stereocenters. The van der Waals surface area contributed by atoms with Crippen LogP contribution >= 0.6 is 0 Å². The van der Waals surface area contributed by atoms with Gasteiger partial charge < -0.3 is 14.6 Å². The molecule has 0 spiro atoms. The Balaban J connectivity index is 3.59.